The van der Waals surface area contributed by atoms with Crippen LogP contribution in [0.2, 0.25) is 5.15 Å². The number of piperazine rings is 1. The summed E-state index contributed by atoms with van der Waals surface area (Å²) in [5.74, 6) is 0.777. The Balaban J connectivity index is 1.49. The van der Waals surface area contributed by atoms with Gasteiger partial charge in [-0.05, 0) is 48.0 Å². The van der Waals surface area contributed by atoms with Crippen LogP contribution in [0.5, 0.6) is 0 Å². The second-order valence-corrected chi connectivity index (χ2v) is 8.17. The van der Waals surface area contributed by atoms with Crippen molar-refractivity contribution in [2.75, 3.05) is 36.4 Å². The first-order valence-corrected chi connectivity index (χ1v) is 10.2. The molecular weight excluding hydrogens is 428 g/mol. The van der Waals surface area contributed by atoms with E-state index in [9.17, 15) is 0 Å². The van der Waals surface area contributed by atoms with Crippen LogP contribution in [0.25, 0.3) is 5.65 Å². The minimum atomic E-state index is 0.594. The highest BCUT2D eigenvalue weighted by molar-refractivity contribution is 9.10. The van der Waals surface area contributed by atoms with Crippen molar-refractivity contribution in [3.05, 3.63) is 46.4 Å². The van der Waals surface area contributed by atoms with Gasteiger partial charge >= 0.3 is 0 Å². The molecule has 4 heterocycles. The molecule has 4 rings (SSSR count). The zero-order chi connectivity index (χ0) is 19.0. The molecule has 1 aliphatic heterocycles. The summed E-state index contributed by atoms with van der Waals surface area (Å²) in [5, 5.41) is 3.94. The first-order chi connectivity index (χ1) is 13.0. The monoisotopic (exact) mass is 448 g/mol. The summed E-state index contributed by atoms with van der Waals surface area (Å²) in [6.07, 6.45) is 5.49. The first-order valence-electron chi connectivity index (χ1n) is 9.06. The molecule has 0 spiro atoms. The van der Waals surface area contributed by atoms with Crippen molar-refractivity contribution >= 4 is 50.4 Å². The highest BCUT2D eigenvalue weighted by atomic mass is 79.9. The van der Waals surface area contributed by atoms with Crippen molar-refractivity contribution in [1.29, 1.82) is 0 Å². The van der Waals surface area contributed by atoms with E-state index < -0.39 is 0 Å². The van der Waals surface area contributed by atoms with E-state index in [1.165, 1.54) is 0 Å². The second kappa shape index (κ2) is 7.66. The van der Waals surface area contributed by atoms with E-state index in [1.807, 2.05) is 28.9 Å². The fraction of sp³-hybridized carbons (Fsp3) is 0.368. The Kier molecular flexibility index (Phi) is 5.25. The van der Waals surface area contributed by atoms with Gasteiger partial charge in [0.2, 0.25) is 0 Å². The molecule has 0 amide bonds. The highest BCUT2D eigenvalue weighted by Crippen LogP contribution is 2.31. The Bertz CT molecular complexity index is 931. The van der Waals surface area contributed by atoms with E-state index in [1.54, 1.807) is 6.20 Å². The topological polar surface area (TPSA) is 48.7 Å². The predicted octanol–water partition coefficient (Wildman–Crippen LogP) is 4.42. The lowest BCUT2D eigenvalue weighted by Gasteiger charge is -2.38. The van der Waals surface area contributed by atoms with Crippen LogP contribution in [0.15, 0.2) is 41.3 Å². The molecular formula is C19H22BrClN6. The maximum absolute atomic E-state index is 6.30. The fourth-order valence-corrected chi connectivity index (χ4v) is 4.01. The lowest BCUT2D eigenvalue weighted by molar-refractivity contribution is 0.209. The molecule has 0 radical (unpaired) electrons. The van der Waals surface area contributed by atoms with Crippen molar-refractivity contribution < 1.29 is 0 Å². The molecule has 1 saturated heterocycles. The fourth-order valence-electron chi connectivity index (χ4n) is 3.40. The minimum absolute atomic E-state index is 0.594. The van der Waals surface area contributed by atoms with E-state index in [2.05, 4.69) is 60.9 Å². The summed E-state index contributed by atoms with van der Waals surface area (Å²) in [7, 11) is 0. The Morgan fingerprint density at radius 2 is 1.93 bits per heavy atom. The molecule has 0 atom stereocenters. The molecule has 0 aliphatic carbocycles. The van der Waals surface area contributed by atoms with E-state index in [0.29, 0.717) is 11.2 Å². The quantitative estimate of drug-likeness (QED) is 0.598. The lowest BCUT2D eigenvalue weighted by Crippen LogP contribution is -2.48. The maximum Gasteiger partial charge on any atom is 0.161 e. The number of nitrogens with zero attached hydrogens (tertiary/aromatic N) is 5. The number of halogens is 2. The Hall–Kier alpha value is -1.83. The SMILES string of the molecule is CC(C)N1CCN(c2ccc(Nc3cc(Br)c(Cl)n4ccnc34)nc2)CC1. The summed E-state index contributed by atoms with van der Waals surface area (Å²) in [4.78, 5) is 13.9. The predicted molar refractivity (Wildman–Crippen MR) is 114 cm³/mol. The van der Waals surface area contributed by atoms with Crippen molar-refractivity contribution in [1.82, 2.24) is 19.3 Å². The minimum Gasteiger partial charge on any atom is -0.368 e. The normalized spacial score (nSPS) is 15.7. The van der Waals surface area contributed by atoms with E-state index in [4.69, 9.17) is 11.6 Å². The van der Waals surface area contributed by atoms with Gasteiger partial charge in [0, 0.05) is 44.6 Å². The molecule has 3 aromatic rings. The number of fused-ring (bicyclic) bond motifs is 1. The molecule has 0 unspecified atom stereocenters. The summed E-state index contributed by atoms with van der Waals surface area (Å²) in [6, 6.07) is 6.65. The summed E-state index contributed by atoms with van der Waals surface area (Å²) in [5.41, 5.74) is 2.77. The van der Waals surface area contributed by atoms with Gasteiger partial charge < -0.3 is 10.2 Å². The van der Waals surface area contributed by atoms with Crippen LogP contribution in [0.1, 0.15) is 13.8 Å². The molecule has 8 heteroatoms. The van der Waals surface area contributed by atoms with Gasteiger partial charge in [0.05, 0.1) is 22.0 Å². The molecule has 0 saturated carbocycles. The molecule has 0 aromatic carbocycles. The number of hydrogen-bond donors (Lipinski definition) is 1. The van der Waals surface area contributed by atoms with Crippen molar-refractivity contribution in [2.24, 2.45) is 0 Å². The van der Waals surface area contributed by atoms with Gasteiger partial charge in [0.25, 0.3) is 0 Å². The van der Waals surface area contributed by atoms with Crippen LogP contribution in [0.4, 0.5) is 17.2 Å². The third-order valence-corrected chi connectivity index (χ3v) is 6.20. The standard InChI is InChI=1S/C19H22BrClN6/c1-13(2)25-7-9-26(10-8-25)14-3-4-17(23-12-14)24-16-11-15(20)18(21)27-6-5-22-19(16)27/h3-6,11-13H,7-10H2,1-2H3,(H,23,24). The maximum atomic E-state index is 6.30. The summed E-state index contributed by atoms with van der Waals surface area (Å²) < 4.78 is 2.63. The highest BCUT2D eigenvalue weighted by Gasteiger charge is 2.19. The number of aromatic nitrogens is 3. The van der Waals surface area contributed by atoms with Gasteiger partial charge in [-0.25, -0.2) is 9.97 Å². The molecule has 27 heavy (non-hydrogen) atoms. The largest absolute Gasteiger partial charge is 0.368 e. The van der Waals surface area contributed by atoms with Gasteiger partial charge in [0.15, 0.2) is 5.65 Å². The van der Waals surface area contributed by atoms with Crippen LogP contribution in [0, 0.1) is 0 Å². The van der Waals surface area contributed by atoms with Crippen LogP contribution in [0.3, 0.4) is 0 Å². The van der Waals surface area contributed by atoms with Crippen LogP contribution in [-0.2, 0) is 0 Å². The van der Waals surface area contributed by atoms with Gasteiger partial charge in [-0.1, -0.05) is 11.6 Å². The van der Waals surface area contributed by atoms with Crippen LogP contribution >= 0.6 is 27.5 Å². The molecule has 3 aromatic heterocycles. The number of nitrogens with one attached hydrogen (secondary N) is 1. The Morgan fingerprint density at radius 1 is 1.15 bits per heavy atom. The summed E-state index contributed by atoms with van der Waals surface area (Å²) in [6.45, 7) is 8.76. The Labute approximate surface area is 172 Å². The number of imidazole rings is 1. The van der Waals surface area contributed by atoms with Crippen molar-refractivity contribution in [3.8, 4) is 0 Å². The van der Waals surface area contributed by atoms with Crippen molar-refractivity contribution in [2.45, 2.75) is 19.9 Å². The van der Waals surface area contributed by atoms with E-state index in [0.717, 1.165) is 53.5 Å². The van der Waals surface area contributed by atoms with E-state index in [-0.39, 0.29) is 0 Å². The Morgan fingerprint density at radius 3 is 2.59 bits per heavy atom. The van der Waals surface area contributed by atoms with Crippen LogP contribution < -0.4 is 10.2 Å². The van der Waals surface area contributed by atoms with Crippen LogP contribution in [-0.4, -0.2) is 51.5 Å². The molecule has 1 aliphatic rings. The van der Waals surface area contributed by atoms with Gasteiger partial charge in [-0.15, -0.1) is 0 Å². The number of rotatable bonds is 4. The van der Waals surface area contributed by atoms with Gasteiger partial charge in [-0.3, -0.25) is 9.30 Å². The second-order valence-electron chi connectivity index (χ2n) is 6.96. The lowest BCUT2D eigenvalue weighted by atomic mass is 10.2. The third kappa shape index (κ3) is 3.77. The average Bonchev–Trinajstić information content (AvgIpc) is 3.17. The molecule has 1 fully saturated rings. The van der Waals surface area contributed by atoms with E-state index >= 15 is 0 Å². The average molecular weight is 450 g/mol. The number of pyridine rings is 2. The van der Waals surface area contributed by atoms with Gasteiger partial charge in [0.1, 0.15) is 11.0 Å². The molecule has 0 bridgehead atoms. The molecule has 1 N–H and O–H groups in total. The number of hydrogen-bond acceptors (Lipinski definition) is 5. The first kappa shape index (κ1) is 18.5. The van der Waals surface area contributed by atoms with Gasteiger partial charge in [-0.2, -0.15) is 0 Å². The molecule has 6 nitrogen and oxygen atoms in total. The smallest absolute Gasteiger partial charge is 0.161 e. The van der Waals surface area contributed by atoms with Crippen molar-refractivity contribution in [3.63, 3.8) is 0 Å². The number of anilines is 3. The third-order valence-electron chi connectivity index (χ3n) is 4.98. The zero-order valence-electron chi connectivity index (χ0n) is 15.4. The molecule has 142 valence electrons. The zero-order valence-corrected chi connectivity index (χ0v) is 17.7. The summed E-state index contributed by atoms with van der Waals surface area (Å²) >= 11 is 9.79.